The van der Waals surface area contributed by atoms with Gasteiger partial charge in [-0.15, -0.1) is 24.0 Å². The minimum atomic E-state index is -5.26. The van der Waals surface area contributed by atoms with Gasteiger partial charge in [-0.1, -0.05) is 43.7 Å². The van der Waals surface area contributed by atoms with Crippen molar-refractivity contribution >= 4 is 40.0 Å². The number of aliphatic imine (C=N–C) groups is 1. The number of guanidine groups is 1. The lowest BCUT2D eigenvalue weighted by Crippen LogP contribution is -2.52. The summed E-state index contributed by atoms with van der Waals surface area (Å²) in [7, 11) is -3.64. The molecule has 1 aromatic rings. The number of benzene rings is 1. The molecule has 1 saturated heterocycles. The molecule has 172 valence electrons. The fourth-order valence-electron chi connectivity index (χ4n) is 3.19. The van der Waals surface area contributed by atoms with Crippen LogP contribution in [0, 0.1) is 6.92 Å². The first-order chi connectivity index (χ1) is 13.4. The Morgan fingerprint density at radius 2 is 1.70 bits per heavy atom. The highest BCUT2D eigenvalue weighted by molar-refractivity contribution is 14.0. The van der Waals surface area contributed by atoms with Gasteiger partial charge in [0.1, 0.15) is 0 Å². The summed E-state index contributed by atoms with van der Waals surface area (Å²) in [5.41, 5.74) is -3.05. The van der Waals surface area contributed by atoms with Crippen LogP contribution in [0.25, 0.3) is 0 Å². The summed E-state index contributed by atoms with van der Waals surface area (Å²) in [6.07, 6.45) is 0.550. The zero-order valence-corrected chi connectivity index (χ0v) is 20.7. The Bertz CT molecular complexity index is 819. The van der Waals surface area contributed by atoms with Gasteiger partial charge in [0.15, 0.2) is 5.96 Å². The molecule has 0 amide bonds. The fraction of sp³-hybridized carbons (Fsp3) is 0.632. The van der Waals surface area contributed by atoms with E-state index in [0.717, 1.165) is 0 Å². The van der Waals surface area contributed by atoms with Crippen molar-refractivity contribution < 1.29 is 21.6 Å². The number of nitrogens with zero attached hydrogens (tertiary/aromatic N) is 2. The van der Waals surface area contributed by atoms with Crippen LogP contribution in [-0.4, -0.2) is 56.9 Å². The van der Waals surface area contributed by atoms with Crippen molar-refractivity contribution in [3.8, 4) is 0 Å². The Morgan fingerprint density at radius 1 is 1.17 bits per heavy atom. The Morgan fingerprint density at radius 3 is 2.17 bits per heavy atom. The van der Waals surface area contributed by atoms with E-state index in [9.17, 15) is 21.6 Å². The Kier molecular flexibility index (Phi) is 9.42. The van der Waals surface area contributed by atoms with Crippen LogP contribution < -0.4 is 10.6 Å². The molecule has 0 radical (unpaired) electrons. The van der Waals surface area contributed by atoms with E-state index in [0.29, 0.717) is 16.8 Å². The number of halogens is 4. The number of alkyl halides is 3. The zero-order chi connectivity index (χ0) is 21.9. The normalized spacial score (nSPS) is 17.4. The molecule has 0 aromatic heterocycles. The second-order valence-electron chi connectivity index (χ2n) is 7.94. The topological polar surface area (TPSA) is 73.8 Å². The standard InChI is InChI=1S/C19H29F3N4O2S.HI/c1-14-5-7-15(8-6-14)18(2,3)13-24-17(23-4)25-16-9-11-26(12-10-16)29(27,28)19(20,21)22;/h5-8,16H,9-13H2,1-4H3,(H2,23,24,25);1H. The maximum atomic E-state index is 12.7. The maximum Gasteiger partial charge on any atom is 0.511 e. The van der Waals surface area contributed by atoms with Gasteiger partial charge in [-0.25, -0.2) is 8.42 Å². The summed E-state index contributed by atoms with van der Waals surface area (Å²) >= 11 is 0. The molecule has 1 aliphatic rings. The van der Waals surface area contributed by atoms with Crippen molar-refractivity contribution in [2.24, 2.45) is 4.99 Å². The molecule has 1 aromatic carbocycles. The third-order valence-corrected chi connectivity index (χ3v) is 6.81. The minimum absolute atomic E-state index is 0. The van der Waals surface area contributed by atoms with Crippen LogP contribution >= 0.6 is 24.0 Å². The van der Waals surface area contributed by atoms with E-state index < -0.39 is 15.5 Å². The third kappa shape index (κ3) is 6.71. The maximum absolute atomic E-state index is 12.7. The largest absolute Gasteiger partial charge is 0.511 e. The predicted octanol–water partition coefficient (Wildman–Crippen LogP) is 3.37. The van der Waals surface area contributed by atoms with E-state index in [1.807, 2.05) is 6.92 Å². The molecule has 0 saturated carbocycles. The van der Waals surface area contributed by atoms with Gasteiger partial charge in [0, 0.05) is 38.1 Å². The van der Waals surface area contributed by atoms with Gasteiger partial charge in [0.2, 0.25) is 0 Å². The lowest BCUT2D eigenvalue weighted by Gasteiger charge is -2.33. The van der Waals surface area contributed by atoms with Gasteiger partial charge in [-0.05, 0) is 25.3 Å². The van der Waals surface area contributed by atoms with E-state index in [1.165, 1.54) is 11.1 Å². The van der Waals surface area contributed by atoms with Crippen LogP contribution in [0.3, 0.4) is 0 Å². The monoisotopic (exact) mass is 562 g/mol. The molecule has 6 nitrogen and oxygen atoms in total. The Hall–Kier alpha value is -1.08. The second kappa shape index (κ2) is 10.5. The Balaban J connectivity index is 0.00000450. The number of rotatable bonds is 5. The number of hydrogen-bond acceptors (Lipinski definition) is 3. The molecule has 1 heterocycles. The number of nitrogens with one attached hydrogen (secondary N) is 2. The summed E-state index contributed by atoms with van der Waals surface area (Å²) in [6.45, 7) is 6.51. The Labute approximate surface area is 193 Å². The molecule has 11 heteroatoms. The van der Waals surface area contributed by atoms with E-state index in [1.54, 1.807) is 7.05 Å². The first-order valence-electron chi connectivity index (χ1n) is 9.47. The molecule has 1 aliphatic heterocycles. The molecule has 1 fully saturated rings. The van der Waals surface area contributed by atoms with Gasteiger partial charge >= 0.3 is 15.5 Å². The molecule has 0 spiro atoms. The van der Waals surface area contributed by atoms with E-state index in [4.69, 9.17) is 0 Å². The van der Waals surface area contributed by atoms with Gasteiger partial charge in [-0.3, -0.25) is 4.99 Å². The van der Waals surface area contributed by atoms with Gasteiger partial charge in [0.25, 0.3) is 0 Å². The van der Waals surface area contributed by atoms with Crippen LogP contribution in [0.1, 0.15) is 37.8 Å². The molecule has 2 rings (SSSR count). The van der Waals surface area contributed by atoms with Crippen molar-refractivity contribution in [2.75, 3.05) is 26.7 Å². The molecular formula is C19H30F3IN4O2S. The molecule has 30 heavy (non-hydrogen) atoms. The lowest BCUT2D eigenvalue weighted by molar-refractivity contribution is -0.0494. The van der Waals surface area contributed by atoms with Crippen LogP contribution in [0.4, 0.5) is 13.2 Å². The van der Waals surface area contributed by atoms with E-state index >= 15 is 0 Å². The summed E-state index contributed by atoms with van der Waals surface area (Å²) < 4.78 is 61.6. The smallest absolute Gasteiger partial charge is 0.356 e. The summed E-state index contributed by atoms with van der Waals surface area (Å²) in [5.74, 6) is 0.544. The van der Waals surface area contributed by atoms with Gasteiger partial charge in [-0.2, -0.15) is 17.5 Å². The summed E-state index contributed by atoms with van der Waals surface area (Å²) in [6, 6.07) is 8.15. The number of sulfonamides is 1. The van der Waals surface area contributed by atoms with Crippen molar-refractivity contribution in [3.05, 3.63) is 35.4 Å². The first kappa shape index (κ1) is 27.0. The highest BCUT2D eigenvalue weighted by Gasteiger charge is 2.50. The van der Waals surface area contributed by atoms with E-state index in [-0.39, 0.29) is 61.4 Å². The average Bonchev–Trinajstić information content (AvgIpc) is 2.65. The van der Waals surface area contributed by atoms with Crippen molar-refractivity contribution in [3.63, 3.8) is 0 Å². The highest BCUT2D eigenvalue weighted by atomic mass is 127. The summed E-state index contributed by atoms with van der Waals surface area (Å²) in [5, 5.41) is 6.45. The first-order valence-corrected chi connectivity index (χ1v) is 10.9. The van der Waals surface area contributed by atoms with Crippen LogP contribution in [0.15, 0.2) is 29.3 Å². The quantitative estimate of drug-likeness (QED) is 0.328. The lowest BCUT2D eigenvalue weighted by atomic mass is 9.84. The number of hydrogen-bond donors (Lipinski definition) is 2. The van der Waals surface area contributed by atoms with Crippen LogP contribution in [0.2, 0.25) is 0 Å². The minimum Gasteiger partial charge on any atom is -0.356 e. The third-order valence-electron chi connectivity index (χ3n) is 5.18. The highest BCUT2D eigenvalue weighted by Crippen LogP contribution is 2.29. The zero-order valence-electron chi connectivity index (χ0n) is 17.6. The molecule has 0 aliphatic carbocycles. The van der Waals surface area contributed by atoms with Gasteiger partial charge < -0.3 is 10.6 Å². The number of aryl methyl sites for hydroxylation is 1. The molecule has 0 unspecified atom stereocenters. The molecule has 2 N–H and O–H groups in total. The molecule has 0 bridgehead atoms. The van der Waals surface area contributed by atoms with E-state index in [2.05, 4.69) is 53.7 Å². The van der Waals surface area contributed by atoms with Crippen LogP contribution in [0.5, 0.6) is 0 Å². The van der Waals surface area contributed by atoms with Crippen molar-refractivity contribution in [1.29, 1.82) is 0 Å². The molecule has 0 atom stereocenters. The average molecular weight is 562 g/mol. The second-order valence-corrected chi connectivity index (χ2v) is 9.87. The van der Waals surface area contributed by atoms with Gasteiger partial charge in [0.05, 0.1) is 0 Å². The van der Waals surface area contributed by atoms with Crippen molar-refractivity contribution in [1.82, 2.24) is 14.9 Å². The van der Waals surface area contributed by atoms with Crippen molar-refractivity contribution in [2.45, 2.75) is 50.6 Å². The predicted molar refractivity (Wildman–Crippen MR) is 124 cm³/mol. The SMILES string of the molecule is CN=C(NCC(C)(C)c1ccc(C)cc1)NC1CCN(S(=O)(=O)C(F)(F)F)CC1.I. The number of piperidine rings is 1. The fourth-order valence-corrected chi connectivity index (χ4v) is 4.17. The van der Waals surface area contributed by atoms with Crippen LogP contribution in [-0.2, 0) is 15.4 Å². The molecular weight excluding hydrogens is 532 g/mol. The summed E-state index contributed by atoms with van der Waals surface area (Å²) in [4.78, 5) is 4.18.